The molecular weight excluding hydrogens is 265 g/mol. The van der Waals surface area contributed by atoms with E-state index in [0.29, 0.717) is 5.92 Å². The predicted molar refractivity (Wildman–Crippen MR) is 83.8 cm³/mol. The van der Waals surface area contributed by atoms with Crippen LogP contribution in [-0.4, -0.2) is 23.4 Å². The molecule has 0 aliphatic carbocycles. The minimum absolute atomic E-state index is 0.162. The summed E-state index contributed by atoms with van der Waals surface area (Å²) < 4.78 is 15.3. The first-order chi connectivity index (χ1) is 10.1. The van der Waals surface area contributed by atoms with Gasteiger partial charge in [0.25, 0.3) is 0 Å². The third-order valence-electron chi connectivity index (χ3n) is 3.79. The highest BCUT2D eigenvalue weighted by Crippen LogP contribution is 2.16. The number of aromatic nitrogens is 2. The highest BCUT2D eigenvalue weighted by atomic mass is 19.1. The fourth-order valence-corrected chi connectivity index (χ4v) is 2.73. The quantitative estimate of drug-likeness (QED) is 0.849. The van der Waals surface area contributed by atoms with Crippen molar-refractivity contribution >= 4 is 0 Å². The SMILES string of the molecule is CCc1cc(CC(CNC)Cc2cccc(F)c2)n(C)n1. The molecular formula is C17H24FN3. The molecule has 0 bridgehead atoms. The number of rotatable bonds is 7. The van der Waals surface area contributed by atoms with Gasteiger partial charge in [-0.25, -0.2) is 4.39 Å². The lowest BCUT2D eigenvalue weighted by Gasteiger charge is -2.16. The van der Waals surface area contributed by atoms with Crippen molar-refractivity contribution in [2.45, 2.75) is 26.2 Å². The molecule has 0 aliphatic rings. The van der Waals surface area contributed by atoms with Crippen molar-refractivity contribution in [1.29, 1.82) is 0 Å². The lowest BCUT2D eigenvalue weighted by Crippen LogP contribution is -2.23. The molecule has 2 rings (SSSR count). The number of halogens is 1. The van der Waals surface area contributed by atoms with Crippen LogP contribution in [0.4, 0.5) is 4.39 Å². The van der Waals surface area contributed by atoms with E-state index in [1.54, 1.807) is 12.1 Å². The van der Waals surface area contributed by atoms with Crippen molar-refractivity contribution in [3.63, 3.8) is 0 Å². The molecule has 21 heavy (non-hydrogen) atoms. The second kappa shape index (κ2) is 7.36. The monoisotopic (exact) mass is 289 g/mol. The zero-order chi connectivity index (χ0) is 15.2. The van der Waals surface area contributed by atoms with E-state index in [1.807, 2.05) is 24.8 Å². The molecule has 0 aliphatic heterocycles. The van der Waals surface area contributed by atoms with Gasteiger partial charge in [-0.05, 0) is 62.5 Å². The van der Waals surface area contributed by atoms with E-state index >= 15 is 0 Å². The zero-order valence-electron chi connectivity index (χ0n) is 13.1. The second-order valence-electron chi connectivity index (χ2n) is 5.57. The van der Waals surface area contributed by atoms with Gasteiger partial charge in [-0.1, -0.05) is 19.1 Å². The lowest BCUT2D eigenvalue weighted by atomic mass is 9.94. The molecule has 0 fully saturated rings. The molecule has 0 amide bonds. The molecule has 1 atom stereocenters. The van der Waals surface area contributed by atoms with Crippen molar-refractivity contribution in [2.75, 3.05) is 13.6 Å². The maximum atomic E-state index is 13.3. The Kier molecular flexibility index (Phi) is 5.51. The van der Waals surface area contributed by atoms with Gasteiger partial charge in [0.2, 0.25) is 0 Å². The van der Waals surface area contributed by atoms with Gasteiger partial charge >= 0.3 is 0 Å². The minimum Gasteiger partial charge on any atom is -0.319 e. The van der Waals surface area contributed by atoms with Gasteiger partial charge in [-0.2, -0.15) is 5.10 Å². The van der Waals surface area contributed by atoms with E-state index in [-0.39, 0.29) is 5.82 Å². The molecule has 3 nitrogen and oxygen atoms in total. The predicted octanol–water partition coefficient (Wildman–Crippen LogP) is 2.74. The van der Waals surface area contributed by atoms with Crippen LogP contribution < -0.4 is 5.32 Å². The normalized spacial score (nSPS) is 12.6. The number of hydrogen-bond donors (Lipinski definition) is 1. The Morgan fingerprint density at radius 3 is 2.71 bits per heavy atom. The van der Waals surface area contributed by atoms with E-state index < -0.39 is 0 Å². The fourth-order valence-electron chi connectivity index (χ4n) is 2.73. The highest BCUT2D eigenvalue weighted by Gasteiger charge is 2.14. The standard InChI is InChI=1S/C17H24FN3/c1-4-16-11-17(21(3)20-16)10-14(12-19-2)8-13-6-5-7-15(18)9-13/h5-7,9,11,14,19H,4,8,10,12H2,1-3H3. The Bertz CT molecular complexity index is 577. The fraction of sp³-hybridized carbons (Fsp3) is 0.471. The minimum atomic E-state index is -0.162. The molecule has 1 unspecified atom stereocenters. The summed E-state index contributed by atoms with van der Waals surface area (Å²) in [6, 6.07) is 9.07. The summed E-state index contributed by atoms with van der Waals surface area (Å²) in [6.07, 6.45) is 2.76. The molecule has 1 aromatic carbocycles. The molecule has 0 saturated heterocycles. The van der Waals surface area contributed by atoms with Gasteiger partial charge in [-0.15, -0.1) is 0 Å². The van der Waals surface area contributed by atoms with E-state index in [2.05, 4.69) is 23.4 Å². The summed E-state index contributed by atoms with van der Waals surface area (Å²) in [7, 11) is 3.95. The maximum absolute atomic E-state index is 13.3. The van der Waals surface area contributed by atoms with Crippen molar-refractivity contribution in [3.8, 4) is 0 Å². The molecule has 1 heterocycles. The Morgan fingerprint density at radius 1 is 1.29 bits per heavy atom. The molecule has 114 valence electrons. The summed E-state index contributed by atoms with van der Waals surface area (Å²) in [5, 5.41) is 7.74. The van der Waals surface area contributed by atoms with Crippen LogP contribution >= 0.6 is 0 Å². The van der Waals surface area contributed by atoms with Gasteiger partial charge < -0.3 is 5.32 Å². The number of nitrogens with one attached hydrogen (secondary N) is 1. The summed E-state index contributed by atoms with van der Waals surface area (Å²) in [5.41, 5.74) is 3.41. The molecule has 0 radical (unpaired) electrons. The smallest absolute Gasteiger partial charge is 0.123 e. The highest BCUT2D eigenvalue weighted by molar-refractivity contribution is 5.18. The average molecular weight is 289 g/mol. The van der Waals surface area contributed by atoms with Crippen LogP contribution in [0, 0.1) is 11.7 Å². The Morgan fingerprint density at radius 2 is 2.10 bits per heavy atom. The van der Waals surface area contributed by atoms with Crippen LogP contribution in [-0.2, 0) is 26.3 Å². The van der Waals surface area contributed by atoms with Gasteiger partial charge in [0, 0.05) is 12.7 Å². The average Bonchev–Trinajstić information content (AvgIpc) is 2.80. The summed E-state index contributed by atoms with van der Waals surface area (Å²) in [5.74, 6) is 0.265. The summed E-state index contributed by atoms with van der Waals surface area (Å²) >= 11 is 0. The first kappa shape index (κ1) is 15.7. The number of nitrogens with zero attached hydrogens (tertiary/aromatic N) is 2. The molecule has 2 aromatic rings. The van der Waals surface area contributed by atoms with Crippen molar-refractivity contribution in [2.24, 2.45) is 13.0 Å². The molecule has 0 spiro atoms. The zero-order valence-corrected chi connectivity index (χ0v) is 13.1. The number of benzene rings is 1. The Labute approximate surface area is 126 Å². The first-order valence-electron chi connectivity index (χ1n) is 7.53. The maximum Gasteiger partial charge on any atom is 0.123 e. The van der Waals surface area contributed by atoms with Crippen LogP contribution in [0.5, 0.6) is 0 Å². The van der Waals surface area contributed by atoms with Gasteiger partial charge in [0.15, 0.2) is 0 Å². The van der Waals surface area contributed by atoms with Crippen LogP contribution in [0.15, 0.2) is 30.3 Å². The number of aryl methyl sites for hydroxylation is 2. The summed E-state index contributed by atoms with van der Waals surface area (Å²) in [6.45, 7) is 3.02. The van der Waals surface area contributed by atoms with Gasteiger partial charge in [0.1, 0.15) is 5.82 Å². The topological polar surface area (TPSA) is 29.9 Å². The van der Waals surface area contributed by atoms with E-state index in [9.17, 15) is 4.39 Å². The van der Waals surface area contributed by atoms with Gasteiger partial charge in [-0.3, -0.25) is 4.68 Å². The molecule has 0 saturated carbocycles. The second-order valence-corrected chi connectivity index (χ2v) is 5.57. The van der Waals surface area contributed by atoms with Crippen LogP contribution in [0.1, 0.15) is 23.9 Å². The summed E-state index contributed by atoms with van der Waals surface area (Å²) in [4.78, 5) is 0. The Balaban J connectivity index is 2.09. The number of hydrogen-bond acceptors (Lipinski definition) is 2. The van der Waals surface area contributed by atoms with Crippen molar-refractivity contribution < 1.29 is 4.39 Å². The molecule has 1 aromatic heterocycles. The third-order valence-corrected chi connectivity index (χ3v) is 3.79. The largest absolute Gasteiger partial charge is 0.319 e. The van der Waals surface area contributed by atoms with Crippen molar-refractivity contribution in [1.82, 2.24) is 15.1 Å². The van der Waals surface area contributed by atoms with E-state index in [4.69, 9.17) is 0 Å². The van der Waals surface area contributed by atoms with Gasteiger partial charge in [0.05, 0.1) is 5.69 Å². The van der Waals surface area contributed by atoms with Crippen LogP contribution in [0.2, 0.25) is 0 Å². The lowest BCUT2D eigenvalue weighted by molar-refractivity contribution is 0.476. The molecule has 1 N–H and O–H groups in total. The third kappa shape index (κ3) is 4.39. The van der Waals surface area contributed by atoms with Crippen LogP contribution in [0.25, 0.3) is 0 Å². The van der Waals surface area contributed by atoms with E-state index in [0.717, 1.165) is 37.1 Å². The Hall–Kier alpha value is -1.68. The van der Waals surface area contributed by atoms with Crippen LogP contribution in [0.3, 0.4) is 0 Å². The first-order valence-corrected chi connectivity index (χ1v) is 7.53. The molecule has 4 heteroatoms. The van der Waals surface area contributed by atoms with E-state index in [1.165, 1.54) is 11.8 Å². The van der Waals surface area contributed by atoms with Crippen molar-refractivity contribution in [3.05, 3.63) is 53.1 Å².